The number of carbonyl (C=O) groups excluding carboxylic acids is 1. The van der Waals surface area contributed by atoms with Crippen LogP contribution in [0.15, 0.2) is 60.7 Å². The van der Waals surface area contributed by atoms with Gasteiger partial charge >= 0.3 is 5.92 Å². The molecule has 23 heavy (non-hydrogen) atoms. The van der Waals surface area contributed by atoms with Crippen LogP contribution in [-0.4, -0.2) is 29.4 Å². The molecule has 2 aromatic carbocycles. The quantitative estimate of drug-likeness (QED) is 0.766. The van der Waals surface area contributed by atoms with Crippen molar-refractivity contribution in [2.24, 2.45) is 0 Å². The number of nitrogens with zero attached hydrogens (tertiary/aromatic N) is 1. The molecule has 0 saturated carbocycles. The third-order valence-electron chi connectivity index (χ3n) is 3.92. The Bertz CT molecular complexity index is 661. The summed E-state index contributed by atoms with van der Waals surface area (Å²) in [5.41, 5.74) is 1.74. The predicted octanol–water partition coefficient (Wildman–Crippen LogP) is 3.25. The molecule has 3 nitrogen and oxygen atoms in total. The molecule has 1 aliphatic heterocycles. The summed E-state index contributed by atoms with van der Waals surface area (Å²) in [6.45, 7) is 0.246. The fourth-order valence-electron chi connectivity index (χ4n) is 2.62. The van der Waals surface area contributed by atoms with E-state index in [1.807, 2.05) is 60.7 Å². The number of benzene rings is 2. The van der Waals surface area contributed by atoms with E-state index in [1.165, 1.54) is 4.90 Å². The number of carbonyl (C=O) groups is 1. The molecule has 5 heteroatoms. The number of ether oxygens (including phenoxy) is 1. The molecule has 1 fully saturated rings. The van der Waals surface area contributed by atoms with Crippen LogP contribution in [0.4, 0.5) is 8.78 Å². The van der Waals surface area contributed by atoms with Crippen LogP contribution >= 0.6 is 0 Å². The van der Waals surface area contributed by atoms with E-state index in [2.05, 4.69) is 0 Å². The number of alkyl halides is 2. The van der Waals surface area contributed by atoms with Crippen molar-refractivity contribution >= 4 is 5.91 Å². The highest BCUT2D eigenvalue weighted by Gasteiger charge is 2.63. The van der Waals surface area contributed by atoms with Crippen molar-refractivity contribution in [1.29, 1.82) is 0 Å². The molecular weight excluding hydrogens is 300 g/mol. The van der Waals surface area contributed by atoms with Crippen molar-refractivity contribution in [2.75, 3.05) is 6.61 Å². The maximum atomic E-state index is 13.8. The Labute approximate surface area is 133 Å². The number of likely N-dealkylation sites (tertiary alicyclic amines) is 1. The van der Waals surface area contributed by atoms with Gasteiger partial charge in [0.25, 0.3) is 5.91 Å². The van der Waals surface area contributed by atoms with Gasteiger partial charge in [0.15, 0.2) is 0 Å². The number of halogens is 2. The summed E-state index contributed by atoms with van der Waals surface area (Å²) in [7, 11) is 0. The number of β-lactam (4-membered cyclic amide) rings is 1. The van der Waals surface area contributed by atoms with E-state index in [1.54, 1.807) is 0 Å². The Morgan fingerprint density at radius 2 is 1.52 bits per heavy atom. The Balaban J connectivity index is 1.60. The van der Waals surface area contributed by atoms with E-state index in [0.717, 1.165) is 11.1 Å². The maximum absolute atomic E-state index is 13.8. The second kappa shape index (κ2) is 6.46. The summed E-state index contributed by atoms with van der Waals surface area (Å²) in [5.74, 6) is -4.47. The molecule has 0 spiro atoms. The second-order valence-corrected chi connectivity index (χ2v) is 5.56. The van der Waals surface area contributed by atoms with E-state index in [-0.39, 0.29) is 19.8 Å². The van der Waals surface area contributed by atoms with Crippen LogP contribution in [-0.2, 0) is 22.7 Å². The predicted molar refractivity (Wildman–Crippen MR) is 81.8 cm³/mol. The van der Waals surface area contributed by atoms with E-state index in [4.69, 9.17) is 4.74 Å². The third kappa shape index (κ3) is 3.24. The molecular formula is C18H17F2NO2. The number of hydrogen-bond donors (Lipinski definition) is 0. The maximum Gasteiger partial charge on any atom is 0.346 e. The van der Waals surface area contributed by atoms with Crippen molar-refractivity contribution in [3.8, 4) is 0 Å². The Kier molecular flexibility index (Phi) is 4.39. The summed E-state index contributed by atoms with van der Waals surface area (Å²) in [6.07, 6.45) is 0. The zero-order valence-electron chi connectivity index (χ0n) is 12.5. The summed E-state index contributed by atoms with van der Waals surface area (Å²) in [4.78, 5) is 12.8. The zero-order valence-corrected chi connectivity index (χ0v) is 12.5. The highest BCUT2D eigenvalue weighted by molar-refractivity contribution is 5.91. The summed E-state index contributed by atoms with van der Waals surface area (Å²) < 4.78 is 33.0. The average molecular weight is 317 g/mol. The van der Waals surface area contributed by atoms with Crippen molar-refractivity contribution in [1.82, 2.24) is 4.90 Å². The molecule has 0 aromatic heterocycles. The second-order valence-electron chi connectivity index (χ2n) is 5.56. The van der Waals surface area contributed by atoms with Gasteiger partial charge in [-0.15, -0.1) is 0 Å². The van der Waals surface area contributed by atoms with E-state index < -0.39 is 17.9 Å². The molecule has 0 bridgehead atoms. The fraction of sp³-hybridized carbons (Fsp3) is 0.278. The summed E-state index contributed by atoms with van der Waals surface area (Å²) in [5, 5.41) is 0. The normalized spacial score (nSPS) is 19.5. The number of rotatable bonds is 6. The molecule has 1 saturated heterocycles. The van der Waals surface area contributed by atoms with Gasteiger partial charge in [-0.2, -0.15) is 8.78 Å². The molecule has 1 amide bonds. The van der Waals surface area contributed by atoms with Gasteiger partial charge in [0.1, 0.15) is 6.04 Å². The molecule has 1 atom stereocenters. The lowest BCUT2D eigenvalue weighted by molar-refractivity contribution is -0.213. The molecule has 1 heterocycles. The van der Waals surface area contributed by atoms with Crippen molar-refractivity contribution in [2.45, 2.75) is 25.1 Å². The SMILES string of the molecule is O=C1N(Cc2ccccc2)C(COCc2ccccc2)C1(F)F. The standard InChI is InChI=1S/C18H17F2NO2/c19-18(20)16(13-23-12-15-9-5-2-6-10-15)21(17(18)22)11-14-7-3-1-4-8-14/h1-10,16H,11-13H2. The molecule has 0 radical (unpaired) electrons. The minimum atomic E-state index is -3.34. The molecule has 1 unspecified atom stereocenters. The van der Waals surface area contributed by atoms with Gasteiger partial charge in [-0.1, -0.05) is 60.7 Å². The lowest BCUT2D eigenvalue weighted by atomic mass is 9.96. The molecule has 3 rings (SSSR count). The van der Waals surface area contributed by atoms with Crippen molar-refractivity contribution in [3.63, 3.8) is 0 Å². The van der Waals surface area contributed by atoms with Crippen LogP contribution in [0.25, 0.3) is 0 Å². The first-order chi connectivity index (χ1) is 11.1. The molecule has 2 aromatic rings. The number of hydrogen-bond acceptors (Lipinski definition) is 2. The van der Waals surface area contributed by atoms with Crippen LogP contribution < -0.4 is 0 Å². The van der Waals surface area contributed by atoms with Gasteiger partial charge in [-0.05, 0) is 11.1 Å². The first kappa shape index (κ1) is 15.6. The summed E-state index contributed by atoms with van der Waals surface area (Å²) in [6, 6.07) is 17.2. The van der Waals surface area contributed by atoms with Gasteiger partial charge in [0, 0.05) is 6.54 Å². The Morgan fingerprint density at radius 1 is 0.957 bits per heavy atom. The fourth-order valence-corrected chi connectivity index (χ4v) is 2.62. The lowest BCUT2D eigenvalue weighted by Crippen LogP contribution is -2.70. The Morgan fingerprint density at radius 3 is 2.13 bits per heavy atom. The molecule has 1 aliphatic rings. The van der Waals surface area contributed by atoms with Crippen molar-refractivity contribution in [3.05, 3.63) is 71.8 Å². The van der Waals surface area contributed by atoms with Crippen LogP contribution in [0.3, 0.4) is 0 Å². The van der Waals surface area contributed by atoms with Gasteiger partial charge in [0.2, 0.25) is 0 Å². The number of amides is 1. The van der Waals surface area contributed by atoms with Gasteiger partial charge < -0.3 is 9.64 Å². The van der Waals surface area contributed by atoms with Gasteiger partial charge in [-0.3, -0.25) is 4.79 Å². The van der Waals surface area contributed by atoms with Gasteiger partial charge in [0.05, 0.1) is 13.2 Å². The minimum Gasteiger partial charge on any atom is -0.374 e. The largest absolute Gasteiger partial charge is 0.374 e. The highest BCUT2D eigenvalue weighted by atomic mass is 19.3. The highest BCUT2D eigenvalue weighted by Crippen LogP contribution is 2.37. The van der Waals surface area contributed by atoms with Crippen LogP contribution in [0.2, 0.25) is 0 Å². The molecule has 0 aliphatic carbocycles. The molecule has 120 valence electrons. The topological polar surface area (TPSA) is 29.5 Å². The van der Waals surface area contributed by atoms with Crippen LogP contribution in [0.1, 0.15) is 11.1 Å². The van der Waals surface area contributed by atoms with Crippen LogP contribution in [0.5, 0.6) is 0 Å². The van der Waals surface area contributed by atoms with E-state index >= 15 is 0 Å². The lowest BCUT2D eigenvalue weighted by Gasteiger charge is -2.46. The third-order valence-corrected chi connectivity index (χ3v) is 3.92. The van der Waals surface area contributed by atoms with Gasteiger partial charge in [-0.25, -0.2) is 0 Å². The van der Waals surface area contributed by atoms with E-state index in [0.29, 0.717) is 0 Å². The smallest absolute Gasteiger partial charge is 0.346 e. The van der Waals surface area contributed by atoms with Crippen molar-refractivity contribution < 1.29 is 18.3 Å². The first-order valence-corrected chi connectivity index (χ1v) is 7.43. The Hall–Kier alpha value is -2.27. The summed E-state index contributed by atoms with van der Waals surface area (Å²) >= 11 is 0. The molecule has 0 N–H and O–H groups in total. The minimum absolute atomic E-state index is 0.175. The zero-order chi connectivity index (χ0) is 16.3. The van der Waals surface area contributed by atoms with E-state index in [9.17, 15) is 13.6 Å². The van der Waals surface area contributed by atoms with Crippen LogP contribution in [0, 0.1) is 0 Å². The monoisotopic (exact) mass is 317 g/mol. The first-order valence-electron chi connectivity index (χ1n) is 7.43. The average Bonchev–Trinajstić information content (AvgIpc) is 2.58.